The van der Waals surface area contributed by atoms with E-state index < -0.39 is 0 Å². The van der Waals surface area contributed by atoms with Crippen molar-refractivity contribution in [3.63, 3.8) is 0 Å². The van der Waals surface area contributed by atoms with E-state index >= 15 is 0 Å². The van der Waals surface area contributed by atoms with Crippen LogP contribution in [0.15, 0.2) is 11.8 Å². The number of hydrazine groups is 1. The summed E-state index contributed by atoms with van der Waals surface area (Å²) in [6.45, 7) is 7.39. The van der Waals surface area contributed by atoms with Crippen LogP contribution < -0.4 is 11.3 Å². The molecule has 0 saturated carbocycles. The maximum Gasteiger partial charge on any atom is 0.113 e. The number of nitrogens with two attached hydrogens (primary N) is 1. The maximum absolute atomic E-state index is 5.63. The van der Waals surface area contributed by atoms with Crippen molar-refractivity contribution in [1.29, 1.82) is 0 Å². The van der Waals surface area contributed by atoms with Crippen molar-refractivity contribution in [2.24, 2.45) is 5.84 Å². The highest BCUT2D eigenvalue weighted by atomic mass is 16.5. The smallest absolute Gasteiger partial charge is 0.113 e. The third-order valence-corrected chi connectivity index (χ3v) is 2.39. The molecule has 0 aromatic rings. The highest BCUT2D eigenvalue weighted by Crippen LogP contribution is 2.24. The molecule has 3 N–H and O–H groups in total. The van der Waals surface area contributed by atoms with Gasteiger partial charge in [0.15, 0.2) is 0 Å². The van der Waals surface area contributed by atoms with Gasteiger partial charge in [0.2, 0.25) is 0 Å². The Balaban J connectivity index is 2.69. The van der Waals surface area contributed by atoms with Crippen LogP contribution >= 0.6 is 0 Å². The van der Waals surface area contributed by atoms with Gasteiger partial charge in [-0.3, -0.25) is 5.84 Å². The quantitative estimate of drug-likeness (QED) is 0.512. The molecule has 1 aliphatic rings. The lowest BCUT2D eigenvalue weighted by molar-refractivity contribution is -0.0403. The molecule has 1 atom stereocenters. The molecule has 1 heterocycles. The van der Waals surface area contributed by atoms with Gasteiger partial charge in [0.05, 0.1) is 12.2 Å². The Bertz CT molecular complexity index is 214. The first-order valence-corrected chi connectivity index (χ1v) is 5.04. The Morgan fingerprint density at radius 1 is 1.71 bits per heavy atom. The predicted octanol–water partition coefficient (Wildman–Crippen LogP) is 0.938. The summed E-state index contributed by atoms with van der Waals surface area (Å²) < 4.78 is 11.1. The van der Waals surface area contributed by atoms with Crippen LogP contribution in [-0.4, -0.2) is 24.9 Å². The zero-order valence-electron chi connectivity index (χ0n) is 9.17. The maximum atomic E-state index is 5.63. The van der Waals surface area contributed by atoms with Crippen LogP contribution in [0, 0.1) is 0 Å². The summed E-state index contributed by atoms with van der Waals surface area (Å²) in [5.41, 5.74) is 2.40. The van der Waals surface area contributed by atoms with Crippen molar-refractivity contribution in [3.8, 4) is 0 Å². The van der Waals surface area contributed by atoms with E-state index in [1.165, 1.54) is 0 Å². The van der Waals surface area contributed by atoms with Crippen molar-refractivity contribution >= 4 is 0 Å². The van der Waals surface area contributed by atoms with Crippen molar-refractivity contribution in [1.82, 2.24) is 5.43 Å². The molecule has 0 aliphatic carbocycles. The minimum Gasteiger partial charge on any atom is -0.496 e. The van der Waals surface area contributed by atoms with E-state index in [4.69, 9.17) is 15.3 Å². The van der Waals surface area contributed by atoms with Crippen molar-refractivity contribution in [3.05, 3.63) is 11.8 Å². The summed E-state index contributed by atoms with van der Waals surface area (Å²) in [4.78, 5) is 0. The SMILES string of the molecule is CCOC(C)(C)C(NN)C1=CCCO1. The second-order valence-electron chi connectivity index (χ2n) is 3.88. The van der Waals surface area contributed by atoms with Gasteiger partial charge in [-0.05, 0) is 26.8 Å². The van der Waals surface area contributed by atoms with Gasteiger partial charge in [0.25, 0.3) is 0 Å². The normalized spacial score (nSPS) is 19.0. The van der Waals surface area contributed by atoms with Crippen LogP contribution in [0.5, 0.6) is 0 Å². The van der Waals surface area contributed by atoms with Crippen LogP contribution in [-0.2, 0) is 9.47 Å². The van der Waals surface area contributed by atoms with E-state index in [1.807, 2.05) is 20.8 Å². The van der Waals surface area contributed by atoms with E-state index in [9.17, 15) is 0 Å². The van der Waals surface area contributed by atoms with E-state index in [-0.39, 0.29) is 11.6 Å². The Kier molecular flexibility index (Phi) is 3.92. The molecule has 0 fully saturated rings. The Morgan fingerprint density at radius 2 is 2.43 bits per heavy atom. The monoisotopic (exact) mass is 200 g/mol. The third kappa shape index (κ3) is 2.47. The highest BCUT2D eigenvalue weighted by molar-refractivity contribution is 5.12. The molecule has 0 bridgehead atoms. The fourth-order valence-electron chi connectivity index (χ4n) is 1.72. The van der Waals surface area contributed by atoms with Crippen molar-refractivity contribution < 1.29 is 9.47 Å². The summed E-state index contributed by atoms with van der Waals surface area (Å²) in [6, 6.07) is -0.0788. The standard InChI is InChI=1S/C10H20N2O2/c1-4-14-10(2,3)9(12-11)8-6-5-7-13-8/h6,9,12H,4-5,7,11H2,1-3H3. The predicted molar refractivity (Wildman–Crippen MR) is 55.5 cm³/mol. The van der Waals surface area contributed by atoms with Gasteiger partial charge >= 0.3 is 0 Å². The molecule has 82 valence electrons. The molecule has 0 spiro atoms. The number of rotatable bonds is 5. The second-order valence-corrected chi connectivity index (χ2v) is 3.88. The van der Waals surface area contributed by atoms with Gasteiger partial charge in [0, 0.05) is 13.0 Å². The zero-order valence-corrected chi connectivity index (χ0v) is 9.17. The molecular formula is C10H20N2O2. The lowest BCUT2D eigenvalue weighted by atomic mass is 9.97. The summed E-state index contributed by atoms with van der Waals surface area (Å²) in [5, 5.41) is 0. The lowest BCUT2D eigenvalue weighted by Gasteiger charge is -2.33. The number of hydrogen-bond donors (Lipinski definition) is 2. The second kappa shape index (κ2) is 4.77. The van der Waals surface area contributed by atoms with Crippen LogP contribution in [0.1, 0.15) is 27.2 Å². The summed E-state index contributed by atoms with van der Waals surface area (Å²) >= 11 is 0. The minimum absolute atomic E-state index is 0.0788. The molecule has 1 unspecified atom stereocenters. The Morgan fingerprint density at radius 3 is 2.86 bits per heavy atom. The first-order valence-electron chi connectivity index (χ1n) is 5.04. The highest BCUT2D eigenvalue weighted by Gasteiger charge is 2.34. The molecule has 0 amide bonds. The molecular weight excluding hydrogens is 180 g/mol. The average Bonchev–Trinajstić information content (AvgIpc) is 2.57. The van der Waals surface area contributed by atoms with E-state index in [2.05, 4.69) is 11.5 Å². The van der Waals surface area contributed by atoms with Gasteiger partial charge in [-0.25, -0.2) is 5.43 Å². The van der Waals surface area contributed by atoms with Crippen LogP contribution in [0.2, 0.25) is 0 Å². The zero-order chi connectivity index (χ0) is 10.6. The van der Waals surface area contributed by atoms with Gasteiger partial charge in [-0.1, -0.05) is 0 Å². The Hall–Kier alpha value is -0.580. The van der Waals surface area contributed by atoms with E-state index in [1.54, 1.807) is 0 Å². The number of hydrogen-bond acceptors (Lipinski definition) is 4. The molecule has 0 aromatic heterocycles. The van der Waals surface area contributed by atoms with Gasteiger partial charge in [-0.2, -0.15) is 0 Å². The molecule has 4 heteroatoms. The number of nitrogens with one attached hydrogen (secondary N) is 1. The average molecular weight is 200 g/mol. The largest absolute Gasteiger partial charge is 0.496 e. The number of ether oxygens (including phenoxy) is 2. The minimum atomic E-state index is -0.348. The van der Waals surface area contributed by atoms with Crippen LogP contribution in [0.4, 0.5) is 0 Å². The first-order chi connectivity index (χ1) is 6.61. The van der Waals surface area contributed by atoms with E-state index in [0.29, 0.717) is 6.61 Å². The van der Waals surface area contributed by atoms with Crippen molar-refractivity contribution in [2.75, 3.05) is 13.2 Å². The van der Waals surface area contributed by atoms with E-state index in [0.717, 1.165) is 18.8 Å². The molecule has 0 radical (unpaired) electrons. The molecule has 1 aliphatic heterocycles. The molecule has 0 saturated heterocycles. The molecule has 4 nitrogen and oxygen atoms in total. The van der Waals surface area contributed by atoms with Crippen LogP contribution in [0.25, 0.3) is 0 Å². The summed E-state index contributed by atoms with van der Waals surface area (Å²) in [7, 11) is 0. The summed E-state index contributed by atoms with van der Waals surface area (Å²) in [6.07, 6.45) is 3.01. The van der Waals surface area contributed by atoms with Crippen LogP contribution in [0.3, 0.4) is 0 Å². The Labute approximate surface area is 85.4 Å². The van der Waals surface area contributed by atoms with Gasteiger partial charge < -0.3 is 9.47 Å². The topological polar surface area (TPSA) is 56.5 Å². The molecule has 1 rings (SSSR count). The van der Waals surface area contributed by atoms with Gasteiger partial charge in [0.1, 0.15) is 11.8 Å². The molecule has 14 heavy (non-hydrogen) atoms. The fourth-order valence-corrected chi connectivity index (χ4v) is 1.72. The van der Waals surface area contributed by atoms with Gasteiger partial charge in [-0.15, -0.1) is 0 Å². The summed E-state index contributed by atoms with van der Waals surface area (Å²) in [5.74, 6) is 6.41. The van der Waals surface area contributed by atoms with Crippen molar-refractivity contribution in [2.45, 2.75) is 38.8 Å². The molecule has 0 aromatic carbocycles. The third-order valence-electron chi connectivity index (χ3n) is 2.39. The fraction of sp³-hybridized carbons (Fsp3) is 0.800. The lowest BCUT2D eigenvalue weighted by Crippen LogP contribution is -2.52. The first kappa shape index (κ1) is 11.5.